The first-order valence-electron chi connectivity index (χ1n) is 8.11. The summed E-state index contributed by atoms with van der Waals surface area (Å²) in [4.78, 5) is 28.6. The van der Waals surface area contributed by atoms with Crippen molar-refractivity contribution in [2.75, 3.05) is 5.32 Å². The molecule has 0 spiro atoms. The highest BCUT2D eigenvalue weighted by Crippen LogP contribution is 2.31. The Morgan fingerprint density at radius 3 is 2.58 bits per heavy atom. The molecule has 1 aromatic heterocycles. The molecule has 0 unspecified atom stereocenters. The van der Waals surface area contributed by atoms with Crippen molar-refractivity contribution in [3.8, 4) is 11.3 Å². The van der Waals surface area contributed by atoms with Gasteiger partial charge in [-0.15, -0.1) is 11.3 Å². The van der Waals surface area contributed by atoms with E-state index in [1.54, 1.807) is 6.92 Å². The lowest BCUT2D eigenvalue weighted by molar-refractivity contribution is -0.385. The number of nitro groups is 1. The molecule has 0 bridgehead atoms. The Morgan fingerprint density at radius 1 is 1.23 bits per heavy atom. The van der Waals surface area contributed by atoms with E-state index in [4.69, 9.17) is 0 Å². The number of carbonyl (C=O) groups is 1. The number of hydrogen-bond donors (Lipinski definition) is 1. The SMILES string of the molecule is CCc1sc(NC(=O)c2ccc([N+](=O)[O-])c(C)c2)nc1-c1ccccc1. The molecule has 0 saturated heterocycles. The zero-order chi connectivity index (χ0) is 18.7. The Morgan fingerprint density at radius 2 is 1.96 bits per heavy atom. The Kier molecular flexibility index (Phi) is 5.09. The van der Waals surface area contributed by atoms with Crippen molar-refractivity contribution in [2.24, 2.45) is 0 Å². The summed E-state index contributed by atoms with van der Waals surface area (Å²) in [7, 11) is 0. The molecule has 0 atom stereocenters. The largest absolute Gasteiger partial charge is 0.298 e. The van der Waals surface area contributed by atoms with Crippen LogP contribution in [0.2, 0.25) is 0 Å². The minimum Gasteiger partial charge on any atom is -0.298 e. The predicted molar refractivity (Wildman–Crippen MR) is 103 cm³/mol. The topological polar surface area (TPSA) is 85.1 Å². The zero-order valence-electron chi connectivity index (χ0n) is 14.4. The monoisotopic (exact) mass is 367 g/mol. The normalized spacial score (nSPS) is 10.5. The van der Waals surface area contributed by atoms with Crippen molar-refractivity contribution in [1.29, 1.82) is 0 Å². The summed E-state index contributed by atoms with van der Waals surface area (Å²) < 4.78 is 0. The van der Waals surface area contributed by atoms with Gasteiger partial charge in [-0.2, -0.15) is 0 Å². The van der Waals surface area contributed by atoms with Gasteiger partial charge in [-0.3, -0.25) is 20.2 Å². The van der Waals surface area contributed by atoms with Crippen LogP contribution in [-0.4, -0.2) is 15.8 Å². The second-order valence-corrected chi connectivity index (χ2v) is 6.81. The molecule has 0 aliphatic rings. The van der Waals surface area contributed by atoms with Gasteiger partial charge in [0.05, 0.1) is 10.6 Å². The standard InChI is InChI=1S/C19H17N3O3S/c1-3-16-17(13-7-5-4-6-8-13)20-19(26-16)21-18(23)14-9-10-15(22(24)25)12(2)11-14/h4-11H,3H2,1-2H3,(H,20,21,23). The summed E-state index contributed by atoms with van der Waals surface area (Å²) in [5.41, 5.74) is 2.68. The van der Waals surface area contributed by atoms with Gasteiger partial charge in [0.1, 0.15) is 0 Å². The molecule has 3 rings (SSSR count). The van der Waals surface area contributed by atoms with Crippen molar-refractivity contribution in [1.82, 2.24) is 4.98 Å². The molecule has 3 aromatic rings. The quantitative estimate of drug-likeness (QED) is 0.516. The van der Waals surface area contributed by atoms with E-state index in [2.05, 4.69) is 10.3 Å². The molecule has 6 nitrogen and oxygen atoms in total. The van der Waals surface area contributed by atoms with Crippen LogP contribution in [0.15, 0.2) is 48.5 Å². The van der Waals surface area contributed by atoms with Crippen molar-refractivity contribution in [2.45, 2.75) is 20.3 Å². The number of rotatable bonds is 5. The lowest BCUT2D eigenvalue weighted by atomic mass is 10.1. The van der Waals surface area contributed by atoms with Gasteiger partial charge in [-0.05, 0) is 25.5 Å². The van der Waals surface area contributed by atoms with E-state index < -0.39 is 4.92 Å². The van der Waals surface area contributed by atoms with E-state index in [0.29, 0.717) is 16.3 Å². The molecule has 0 fully saturated rings. The first-order valence-corrected chi connectivity index (χ1v) is 8.92. The number of thiazole rings is 1. The Hall–Kier alpha value is -3.06. The van der Waals surface area contributed by atoms with Crippen molar-refractivity contribution < 1.29 is 9.72 Å². The molecule has 1 amide bonds. The smallest absolute Gasteiger partial charge is 0.272 e. The second kappa shape index (κ2) is 7.45. The van der Waals surface area contributed by atoms with Crippen LogP contribution in [-0.2, 0) is 6.42 Å². The number of carbonyl (C=O) groups excluding carboxylic acids is 1. The highest BCUT2D eigenvalue weighted by Gasteiger charge is 2.17. The van der Waals surface area contributed by atoms with Gasteiger partial charge in [0.2, 0.25) is 0 Å². The van der Waals surface area contributed by atoms with Gasteiger partial charge in [0.25, 0.3) is 11.6 Å². The fraction of sp³-hybridized carbons (Fsp3) is 0.158. The molecule has 2 aromatic carbocycles. The van der Waals surface area contributed by atoms with E-state index >= 15 is 0 Å². The van der Waals surface area contributed by atoms with Crippen LogP contribution in [0.25, 0.3) is 11.3 Å². The Labute approximate surface area is 154 Å². The first-order chi connectivity index (χ1) is 12.5. The fourth-order valence-corrected chi connectivity index (χ4v) is 3.56. The first kappa shape index (κ1) is 17.8. The summed E-state index contributed by atoms with van der Waals surface area (Å²) in [6, 6.07) is 14.1. The molecule has 132 valence electrons. The highest BCUT2D eigenvalue weighted by atomic mass is 32.1. The van der Waals surface area contributed by atoms with Crippen LogP contribution < -0.4 is 5.32 Å². The minimum atomic E-state index is -0.461. The highest BCUT2D eigenvalue weighted by molar-refractivity contribution is 7.16. The summed E-state index contributed by atoms with van der Waals surface area (Å²) in [5, 5.41) is 14.2. The molecule has 0 aliphatic carbocycles. The van der Waals surface area contributed by atoms with Gasteiger partial charge in [0, 0.05) is 27.6 Å². The number of amides is 1. The number of nitrogens with one attached hydrogen (secondary N) is 1. The molecule has 1 N–H and O–H groups in total. The number of aromatic nitrogens is 1. The van der Waals surface area contributed by atoms with Crippen LogP contribution in [0.5, 0.6) is 0 Å². The minimum absolute atomic E-state index is 0.00423. The number of nitro benzene ring substituents is 1. The molecule has 1 heterocycles. The zero-order valence-corrected chi connectivity index (χ0v) is 15.2. The molecule has 0 radical (unpaired) electrons. The van der Waals surface area contributed by atoms with E-state index in [1.807, 2.05) is 37.3 Å². The number of nitrogens with zero attached hydrogens (tertiary/aromatic N) is 2. The maximum absolute atomic E-state index is 12.5. The van der Waals surface area contributed by atoms with E-state index in [0.717, 1.165) is 22.6 Å². The summed E-state index contributed by atoms with van der Waals surface area (Å²) in [6.45, 7) is 3.66. The lowest BCUT2D eigenvalue weighted by Gasteiger charge is -2.03. The van der Waals surface area contributed by atoms with Crippen molar-refractivity contribution in [3.05, 3.63) is 74.6 Å². The van der Waals surface area contributed by atoms with Gasteiger partial charge in [-0.25, -0.2) is 4.98 Å². The van der Waals surface area contributed by atoms with Crippen molar-refractivity contribution >= 4 is 28.1 Å². The Bertz CT molecular complexity index is 967. The molecule has 0 saturated carbocycles. The van der Waals surface area contributed by atoms with Gasteiger partial charge < -0.3 is 0 Å². The summed E-state index contributed by atoms with van der Waals surface area (Å²) in [6.07, 6.45) is 0.814. The van der Waals surface area contributed by atoms with Crippen LogP contribution in [0.1, 0.15) is 27.7 Å². The summed E-state index contributed by atoms with van der Waals surface area (Å²) in [5.74, 6) is -0.334. The van der Waals surface area contributed by atoms with Gasteiger partial charge in [0.15, 0.2) is 5.13 Å². The number of aryl methyl sites for hydroxylation is 2. The van der Waals surface area contributed by atoms with E-state index in [-0.39, 0.29) is 11.6 Å². The average molecular weight is 367 g/mol. The third-order valence-electron chi connectivity index (χ3n) is 3.94. The molecular formula is C19H17N3O3S. The average Bonchev–Trinajstić information content (AvgIpc) is 3.04. The third-order valence-corrected chi connectivity index (χ3v) is 5.06. The van der Waals surface area contributed by atoms with Crippen LogP contribution >= 0.6 is 11.3 Å². The van der Waals surface area contributed by atoms with Crippen LogP contribution in [0.3, 0.4) is 0 Å². The second-order valence-electron chi connectivity index (χ2n) is 5.72. The van der Waals surface area contributed by atoms with Crippen LogP contribution in [0.4, 0.5) is 10.8 Å². The Balaban J connectivity index is 1.85. The number of anilines is 1. The fourth-order valence-electron chi connectivity index (χ4n) is 2.64. The number of benzene rings is 2. The van der Waals surface area contributed by atoms with Gasteiger partial charge >= 0.3 is 0 Å². The molecule has 7 heteroatoms. The maximum atomic E-state index is 12.5. The lowest BCUT2D eigenvalue weighted by Crippen LogP contribution is -2.12. The predicted octanol–water partition coefficient (Wildman–Crippen LogP) is 4.84. The molecule has 26 heavy (non-hydrogen) atoms. The van der Waals surface area contributed by atoms with Gasteiger partial charge in [-0.1, -0.05) is 37.3 Å². The molecule has 0 aliphatic heterocycles. The third kappa shape index (κ3) is 3.62. The molecular weight excluding hydrogens is 350 g/mol. The van der Waals surface area contributed by atoms with Crippen molar-refractivity contribution in [3.63, 3.8) is 0 Å². The van der Waals surface area contributed by atoms with E-state index in [9.17, 15) is 14.9 Å². The number of hydrogen-bond acceptors (Lipinski definition) is 5. The summed E-state index contributed by atoms with van der Waals surface area (Å²) >= 11 is 1.44. The van der Waals surface area contributed by atoms with Crippen LogP contribution in [0, 0.1) is 17.0 Å². The van der Waals surface area contributed by atoms with E-state index in [1.165, 1.54) is 29.5 Å². The maximum Gasteiger partial charge on any atom is 0.272 e.